The lowest BCUT2D eigenvalue weighted by Crippen LogP contribution is -2.04. The van der Waals surface area contributed by atoms with Crippen LogP contribution in [0.15, 0.2) is 18.5 Å². The lowest BCUT2D eigenvalue weighted by molar-refractivity contribution is 0.602. The molecular weight excluding hydrogens is 254 g/mol. The molecule has 0 aliphatic heterocycles. The predicted molar refractivity (Wildman–Crippen MR) is 74.5 cm³/mol. The van der Waals surface area contributed by atoms with Crippen LogP contribution in [0.4, 0.5) is 0 Å². The van der Waals surface area contributed by atoms with Gasteiger partial charge >= 0.3 is 0 Å². The fourth-order valence-corrected chi connectivity index (χ4v) is 1.81. The van der Waals surface area contributed by atoms with Crippen molar-refractivity contribution in [2.45, 2.75) is 38.5 Å². The summed E-state index contributed by atoms with van der Waals surface area (Å²) in [6.45, 7) is 0.778. The van der Waals surface area contributed by atoms with Gasteiger partial charge in [-0.25, -0.2) is 9.97 Å². The molecule has 0 amide bonds. The van der Waals surface area contributed by atoms with Crippen molar-refractivity contribution in [1.82, 2.24) is 30.4 Å². The van der Waals surface area contributed by atoms with Gasteiger partial charge in [0.25, 0.3) is 0 Å². The van der Waals surface area contributed by atoms with Crippen molar-refractivity contribution in [2.75, 3.05) is 6.54 Å². The van der Waals surface area contributed by atoms with E-state index in [2.05, 4.69) is 30.4 Å². The predicted octanol–water partition coefficient (Wildman–Crippen LogP) is 1.18. The van der Waals surface area contributed by atoms with E-state index in [4.69, 9.17) is 5.73 Å². The van der Waals surface area contributed by atoms with E-state index in [-0.39, 0.29) is 0 Å². The van der Waals surface area contributed by atoms with E-state index in [1.54, 1.807) is 18.5 Å². The zero-order valence-electron chi connectivity index (χ0n) is 11.4. The van der Waals surface area contributed by atoms with Gasteiger partial charge in [-0.3, -0.25) is 0 Å². The average molecular weight is 273 g/mol. The molecule has 0 saturated heterocycles. The highest BCUT2D eigenvalue weighted by atomic mass is 15.3. The Hall–Kier alpha value is -2.02. The third-order valence-corrected chi connectivity index (χ3v) is 2.89. The molecule has 0 spiro atoms. The molecule has 0 unspecified atom stereocenters. The van der Waals surface area contributed by atoms with Crippen molar-refractivity contribution in [3.63, 3.8) is 0 Å². The number of aryl methyl sites for hydroxylation is 1. The van der Waals surface area contributed by atoms with Gasteiger partial charge in [-0.2, -0.15) is 0 Å². The zero-order chi connectivity index (χ0) is 14.0. The van der Waals surface area contributed by atoms with Gasteiger partial charge in [0.05, 0.1) is 0 Å². The van der Waals surface area contributed by atoms with Crippen LogP contribution in [0.2, 0.25) is 0 Å². The number of hydrogen-bond donors (Lipinski definition) is 1. The molecule has 0 saturated carbocycles. The highest BCUT2D eigenvalue weighted by molar-refractivity contribution is 5.39. The van der Waals surface area contributed by atoms with Crippen LogP contribution >= 0.6 is 0 Å². The first kappa shape index (κ1) is 14.4. The minimum Gasteiger partial charge on any atom is -0.330 e. The van der Waals surface area contributed by atoms with E-state index in [0.717, 1.165) is 32.2 Å². The topological polar surface area (TPSA) is 103 Å². The molecule has 2 N–H and O–H groups in total. The maximum atomic E-state index is 5.45. The van der Waals surface area contributed by atoms with E-state index in [1.807, 2.05) is 0 Å². The van der Waals surface area contributed by atoms with Crippen LogP contribution in [0.3, 0.4) is 0 Å². The number of rotatable bonds is 8. The SMILES string of the molecule is NCCCCCCCc1nnc(-c2ncccn2)nn1. The van der Waals surface area contributed by atoms with Gasteiger partial charge in [0.2, 0.25) is 11.6 Å². The highest BCUT2D eigenvalue weighted by Crippen LogP contribution is 2.07. The number of hydrogen-bond acceptors (Lipinski definition) is 7. The summed E-state index contributed by atoms with van der Waals surface area (Å²) in [5, 5.41) is 16.2. The third-order valence-electron chi connectivity index (χ3n) is 2.89. The fraction of sp³-hybridized carbons (Fsp3) is 0.538. The van der Waals surface area contributed by atoms with Gasteiger partial charge in [0.15, 0.2) is 5.82 Å². The van der Waals surface area contributed by atoms with Crippen LogP contribution < -0.4 is 5.73 Å². The second-order valence-electron chi connectivity index (χ2n) is 4.52. The molecule has 20 heavy (non-hydrogen) atoms. The first-order valence-electron chi connectivity index (χ1n) is 6.94. The second-order valence-corrected chi connectivity index (χ2v) is 4.52. The van der Waals surface area contributed by atoms with Gasteiger partial charge in [-0.05, 0) is 25.5 Å². The molecule has 2 heterocycles. The molecule has 2 rings (SSSR count). The minimum atomic E-state index is 0.359. The van der Waals surface area contributed by atoms with Gasteiger partial charge < -0.3 is 5.73 Å². The molecule has 2 aromatic heterocycles. The van der Waals surface area contributed by atoms with E-state index >= 15 is 0 Å². The van der Waals surface area contributed by atoms with Crippen LogP contribution in [-0.2, 0) is 6.42 Å². The Balaban J connectivity index is 1.77. The molecule has 0 aliphatic carbocycles. The van der Waals surface area contributed by atoms with Crippen LogP contribution in [0, 0.1) is 0 Å². The fourth-order valence-electron chi connectivity index (χ4n) is 1.81. The average Bonchev–Trinajstić information content (AvgIpc) is 2.52. The quantitative estimate of drug-likeness (QED) is 0.720. The van der Waals surface area contributed by atoms with Crippen LogP contribution in [0.1, 0.15) is 37.9 Å². The molecule has 0 fully saturated rings. The normalized spacial score (nSPS) is 10.7. The Kier molecular flexibility index (Phi) is 5.91. The van der Waals surface area contributed by atoms with Crippen LogP contribution in [-0.4, -0.2) is 36.9 Å². The number of nitrogens with zero attached hydrogens (tertiary/aromatic N) is 6. The maximum Gasteiger partial charge on any atom is 0.240 e. The maximum absolute atomic E-state index is 5.45. The standard InChI is InChI=1S/C13H19N7/c14-8-5-3-1-2-4-7-11-17-19-13(20-18-11)12-15-9-6-10-16-12/h6,9-10H,1-5,7-8,14H2. The van der Waals surface area contributed by atoms with E-state index in [1.165, 1.54) is 12.8 Å². The monoisotopic (exact) mass is 273 g/mol. The largest absolute Gasteiger partial charge is 0.330 e. The second kappa shape index (κ2) is 8.21. The lowest BCUT2D eigenvalue weighted by Gasteiger charge is -2.00. The Morgan fingerprint density at radius 2 is 1.40 bits per heavy atom. The highest BCUT2D eigenvalue weighted by Gasteiger charge is 2.06. The minimum absolute atomic E-state index is 0.359. The van der Waals surface area contributed by atoms with Crippen molar-refractivity contribution >= 4 is 0 Å². The molecule has 0 atom stereocenters. The molecule has 0 aliphatic rings. The van der Waals surface area contributed by atoms with E-state index in [9.17, 15) is 0 Å². The first-order chi connectivity index (χ1) is 9.90. The van der Waals surface area contributed by atoms with Gasteiger partial charge in [-0.1, -0.05) is 19.3 Å². The molecule has 0 radical (unpaired) electrons. The van der Waals surface area contributed by atoms with Crippen molar-refractivity contribution in [3.05, 3.63) is 24.3 Å². The summed E-state index contributed by atoms with van der Waals surface area (Å²) in [6.07, 6.45) is 9.79. The summed E-state index contributed by atoms with van der Waals surface area (Å²) in [7, 11) is 0. The lowest BCUT2D eigenvalue weighted by atomic mass is 10.1. The summed E-state index contributed by atoms with van der Waals surface area (Å²) >= 11 is 0. The van der Waals surface area contributed by atoms with Gasteiger partial charge in [0, 0.05) is 18.8 Å². The summed E-state index contributed by atoms with van der Waals surface area (Å²) in [6, 6.07) is 1.74. The molecule has 0 aromatic carbocycles. The first-order valence-corrected chi connectivity index (χ1v) is 6.94. The van der Waals surface area contributed by atoms with Gasteiger partial charge in [0.1, 0.15) is 0 Å². The molecule has 7 heteroatoms. The smallest absolute Gasteiger partial charge is 0.240 e. The Bertz CT molecular complexity index is 486. The molecule has 106 valence electrons. The summed E-state index contributed by atoms with van der Waals surface area (Å²) < 4.78 is 0. The summed E-state index contributed by atoms with van der Waals surface area (Å²) in [4.78, 5) is 8.11. The molecular formula is C13H19N7. The Morgan fingerprint density at radius 1 is 0.750 bits per heavy atom. The van der Waals surface area contributed by atoms with Crippen molar-refractivity contribution in [2.24, 2.45) is 5.73 Å². The van der Waals surface area contributed by atoms with Crippen LogP contribution in [0.5, 0.6) is 0 Å². The van der Waals surface area contributed by atoms with Crippen molar-refractivity contribution in [1.29, 1.82) is 0 Å². The Morgan fingerprint density at radius 3 is 2.10 bits per heavy atom. The number of unbranched alkanes of at least 4 members (excludes halogenated alkanes) is 4. The zero-order valence-corrected chi connectivity index (χ0v) is 11.4. The Labute approximate surface area is 118 Å². The van der Waals surface area contributed by atoms with E-state index < -0.39 is 0 Å². The molecule has 7 nitrogen and oxygen atoms in total. The number of aromatic nitrogens is 6. The third kappa shape index (κ3) is 4.58. The van der Waals surface area contributed by atoms with Crippen LogP contribution in [0.25, 0.3) is 11.6 Å². The molecule has 0 bridgehead atoms. The molecule has 2 aromatic rings. The summed E-state index contributed by atoms with van der Waals surface area (Å²) in [5.74, 6) is 1.47. The number of nitrogens with two attached hydrogens (primary N) is 1. The van der Waals surface area contributed by atoms with Crippen molar-refractivity contribution in [3.8, 4) is 11.6 Å². The summed E-state index contributed by atoms with van der Waals surface area (Å²) in [5.41, 5.74) is 5.45. The van der Waals surface area contributed by atoms with Crippen molar-refractivity contribution < 1.29 is 0 Å². The van der Waals surface area contributed by atoms with E-state index in [0.29, 0.717) is 17.5 Å². The van der Waals surface area contributed by atoms with Gasteiger partial charge in [-0.15, -0.1) is 20.4 Å².